The van der Waals surface area contributed by atoms with Crippen LogP contribution in [0.15, 0.2) is 30.3 Å². The number of thiophene rings is 1. The number of alkyl halides is 1. The van der Waals surface area contributed by atoms with Crippen LogP contribution in [-0.4, -0.2) is 0 Å². The smallest absolute Gasteiger partial charge is 0.0636 e. The van der Waals surface area contributed by atoms with Crippen molar-refractivity contribution in [2.45, 2.75) is 25.6 Å². The van der Waals surface area contributed by atoms with E-state index in [0.29, 0.717) is 0 Å². The van der Waals surface area contributed by atoms with Crippen LogP contribution >= 0.6 is 34.5 Å². The normalized spacial score (nSPS) is 12.7. The number of hydrogen-bond donors (Lipinski definition) is 0. The summed E-state index contributed by atoms with van der Waals surface area (Å²) in [5, 5.41) is 0.794. The molecule has 0 aliphatic heterocycles. The molecule has 0 spiro atoms. The van der Waals surface area contributed by atoms with Crippen molar-refractivity contribution in [3.8, 4) is 0 Å². The summed E-state index contributed by atoms with van der Waals surface area (Å²) < 4.78 is 0. The molecule has 1 atom stereocenters. The SMILES string of the molecule is Cc1cc(C(Cl)Cc2ccccc2Cl)c(C)s1. The molecule has 17 heavy (non-hydrogen) atoms. The lowest BCUT2D eigenvalue weighted by Gasteiger charge is -2.10. The van der Waals surface area contributed by atoms with Crippen molar-refractivity contribution in [3.05, 3.63) is 56.2 Å². The van der Waals surface area contributed by atoms with Crippen LogP contribution in [0.1, 0.15) is 26.3 Å². The fourth-order valence-electron chi connectivity index (χ4n) is 1.93. The first-order chi connectivity index (χ1) is 8.08. The van der Waals surface area contributed by atoms with Gasteiger partial charge >= 0.3 is 0 Å². The second kappa shape index (κ2) is 5.43. The molecule has 90 valence electrons. The first-order valence-corrected chi connectivity index (χ1v) is 7.15. The van der Waals surface area contributed by atoms with Crippen molar-refractivity contribution in [2.24, 2.45) is 0 Å². The van der Waals surface area contributed by atoms with Crippen LogP contribution in [0.25, 0.3) is 0 Å². The predicted molar refractivity (Wildman–Crippen MR) is 77.5 cm³/mol. The molecular weight excluding hydrogens is 271 g/mol. The average molecular weight is 285 g/mol. The van der Waals surface area contributed by atoms with Crippen LogP contribution in [0.2, 0.25) is 5.02 Å². The molecule has 0 aliphatic carbocycles. The summed E-state index contributed by atoms with van der Waals surface area (Å²) in [6.07, 6.45) is 0.776. The van der Waals surface area contributed by atoms with E-state index in [0.717, 1.165) is 17.0 Å². The van der Waals surface area contributed by atoms with Crippen LogP contribution in [0, 0.1) is 13.8 Å². The van der Waals surface area contributed by atoms with E-state index in [9.17, 15) is 0 Å². The van der Waals surface area contributed by atoms with Gasteiger partial charge in [-0.3, -0.25) is 0 Å². The fraction of sp³-hybridized carbons (Fsp3) is 0.286. The van der Waals surface area contributed by atoms with Crippen molar-refractivity contribution in [1.82, 2.24) is 0 Å². The van der Waals surface area contributed by atoms with Gasteiger partial charge < -0.3 is 0 Å². The fourth-order valence-corrected chi connectivity index (χ4v) is 3.59. The van der Waals surface area contributed by atoms with Crippen LogP contribution in [0.4, 0.5) is 0 Å². The Kier molecular flexibility index (Phi) is 4.13. The average Bonchev–Trinajstić information content (AvgIpc) is 2.61. The van der Waals surface area contributed by atoms with Gasteiger partial charge in [-0.05, 0) is 43.5 Å². The predicted octanol–water partition coefficient (Wildman–Crippen LogP) is 5.54. The Balaban J connectivity index is 2.20. The summed E-state index contributed by atoms with van der Waals surface area (Å²) in [7, 11) is 0. The van der Waals surface area contributed by atoms with Crippen LogP contribution in [0.3, 0.4) is 0 Å². The summed E-state index contributed by atoms with van der Waals surface area (Å²) >= 11 is 14.4. The summed E-state index contributed by atoms with van der Waals surface area (Å²) in [4.78, 5) is 2.61. The molecule has 0 saturated carbocycles. The van der Waals surface area contributed by atoms with Gasteiger partial charge in [0.15, 0.2) is 0 Å². The second-order valence-electron chi connectivity index (χ2n) is 4.13. The number of rotatable bonds is 3. The van der Waals surface area contributed by atoms with Gasteiger partial charge in [-0.1, -0.05) is 29.8 Å². The summed E-state index contributed by atoms with van der Waals surface area (Å²) in [6.45, 7) is 4.23. The molecule has 0 radical (unpaired) electrons. The minimum absolute atomic E-state index is 0.000139. The van der Waals surface area contributed by atoms with E-state index in [1.807, 2.05) is 24.3 Å². The van der Waals surface area contributed by atoms with E-state index in [1.165, 1.54) is 15.3 Å². The van der Waals surface area contributed by atoms with Gasteiger partial charge in [0.1, 0.15) is 0 Å². The van der Waals surface area contributed by atoms with Crippen LogP contribution in [-0.2, 0) is 6.42 Å². The Morgan fingerprint density at radius 3 is 2.53 bits per heavy atom. The maximum atomic E-state index is 6.48. The number of hydrogen-bond acceptors (Lipinski definition) is 1. The third-order valence-corrected chi connectivity index (χ3v) is 4.51. The minimum Gasteiger partial charge on any atom is -0.146 e. The molecule has 1 heterocycles. The van der Waals surface area contributed by atoms with E-state index in [4.69, 9.17) is 23.2 Å². The monoisotopic (exact) mass is 284 g/mol. The van der Waals surface area contributed by atoms with E-state index >= 15 is 0 Å². The van der Waals surface area contributed by atoms with Crippen molar-refractivity contribution in [2.75, 3.05) is 0 Å². The Morgan fingerprint density at radius 2 is 1.94 bits per heavy atom. The first-order valence-electron chi connectivity index (χ1n) is 5.52. The molecule has 0 amide bonds. The van der Waals surface area contributed by atoms with E-state index < -0.39 is 0 Å². The summed E-state index contributed by atoms with van der Waals surface area (Å²) in [5.74, 6) is 0. The van der Waals surface area contributed by atoms with Gasteiger partial charge in [0.25, 0.3) is 0 Å². The minimum atomic E-state index is -0.000139. The third-order valence-electron chi connectivity index (χ3n) is 2.77. The lowest BCUT2D eigenvalue weighted by molar-refractivity contribution is 0.917. The number of halogens is 2. The first kappa shape index (κ1) is 12.9. The molecule has 1 unspecified atom stereocenters. The molecule has 2 aromatic rings. The molecule has 3 heteroatoms. The lowest BCUT2D eigenvalue weighted by Crippen LogP contribution is -1.96. The molecule has 0 nitrogen and oxygen atoms in total. The Bertz CT molecular complexity index is 517. The third kappa shape index (κ3) is 3.04. The topological polar surface area (TPSA) is 0 Å². The van der Waals surface area contributed by atoms with Gasteiger partial charge in [-0.25, -0.2) is 0 Å². The molecular formula is C14H14Cl2S. The quantitative estimate of drug-likeness (QED) is 0.649. The molecule has 1 aromatic heterocycles. The highest BCUT2D eigenvalue weighted by Gasteiger charge is 2.15. The van der Waals surface area contributed by atoms with E-state index in [1.54, 1.807) is 11.3 Å². The molecule has 0 saturated heterocycles. The van der Waals surface area contributed by atoms with Crippen molar-refractivity contribution in [3.63, 3.8) is 0 Å². The largest absolute Gasteiger partial charge is 0.146 e. The highest BCUT2D eigenvalue weighted by Crippen LogP contribution is 2.33. The maximum absolute atomic E-state index is 6.48. The van der Waals surface area contributed by atoms with E-state index in [-0.39, 0.29) is 5.38 Å². The molecule has 0 N–H and O–H groups in total. The zero-order valence-electron chi connectivity index (χ0n) is 9.84. The Hall–Kier alpha value is -0.500. The highest BCUT2D eigenvalue weighted by molar-refractivity contribution is 7.12. The van der Waals surface area contributed by atoms with Gasteiger partial charge in [0.2, 0.25) is 0 Å². The zero-order valence-corrected chi connectivity index (χ0v) is 12.2. The van der Waals surface area contributed by atoms with Crippen LogP contribution in [0.5, 0.6) is 0 Å². The summed E-state index contributed by atoms with van der Waals surface area (Å²) in [6, 6.07) is 10.1. The maximum Gasteiger partial charge on any atom is 0.0636 e. The number of benzene rings is 1. The van der Waals surface area contributed by atoms with Gasteiger partial charge in [-0.15, -0.1) is 22.9 Å². The van der Waals surface area contributed by atoms with Crippen molar-refractivity contribution >= 4 is 34.5 Å². The van der Waals surface area contributed by atoms with Gasteiger partial charge in [-0.2, -0.15) is 0 Å². The van der Waals surface area contributed by atoms with Gasteiger partial charge in [0, 0.05) is 14.8 Å². The Morgan fingerprint density at radius 1 is 1.24 bits per heavy atom. The molecule has 0 bridgehead atoms. The van der Waals surface area contributed by atoms with E-state index in [2.05, 4.69) is 19.9 Å². The van der Waals surface area contributed by atoms with Crippen molar-refractivity contribution < 1.29 is 0 Å². The van der Waals surface area contributed by atoms with Gasteiger partial charge in [0.05, 0.1) is 5.38 Å². The molecule has 0 fully saturated rings. The summed E-state index contributed by atoms with van der Waals surface area (Å²) in [5.41, 5.74) is 2.34. The lowest BCUT2D eigenvalue weighted by atomic mass is 10.0. The number of aryl methyl sites for hydroxylation is 2. The Labute approximate surface area is 116 Å². The molecule has 2 rings (SSSR count). The standard InChI is InChI=1S/C14H14Cl2S/c1-9-7-12(10(2)17-9)14(16)8-11-5-3-4-6-13(11)15/h3-7,14H,8H2,1-2H3. The van der Waals surface area contributed by atoms with Crippen LogP contribution < -0.4 is 0 Å². The molecule has 1 aromatic carbocycles. The van der Waals surface area contributed by atoms with Crippen molar-refractivity contribution in [1.29, 1.82) is 0 Å². The zero-order chi connectivity index (χ0) is 12.4. The highest BCUT2D eigenvalue weighted by atomic mass is 35.5. The molecule has 0 aliphatic rings. The second-order valence-corrected chi connectivity index (χ2v) is 6.53.